The molecule has 1 amide bonds. The Morgan fingerprint density at radius 1 is 1.42 bits per heavy atom. The highest BCUT2D eigenvalue weighted by atomic mass is 16.3. The van der Waals surface area contributed by atoms with E-state index in [0.717, 1.165) is 37.2 Å². The van der Waals surface area contributed by atoms with Gasteiger partial charge in [0, 0.05) is 25.7 Å². The van der Waals surface area contributed by atoms with Crippen molar-refractivity contribution in [1.82, 2.24) is 19.2 Å². The van der Waals surface area contributed by atoms with E-state index < -0.39 is 0 Å². The zero-order valence-corrected chi connectivity index (χ0v) is 15.5. The molecular weight excluding hydrogens is 332 g/mol. The Hall–Kier alpha value is -2.57. The second-order valence-corrected chi connectivity index (χ2v) is 7.27. The molecule has 0 bridgehead atoms. The number of aryl methyl sites for hydroxylation is 2. The maximum Gasteiger partial charge on any atom is 0.291 e. The number of rotatable bonds is 3. The summed E-state index contributed by atoms with van der Waals surface area (Å²) in [5.41, 5.74) is 1.89. The van der Waals surface area contributed by atoms with Gasteiger partial charge in [-0.25, -0.2) is 4.68 Å². The molecule has 0 aliphatic carbocycles. The van der Waals surface area contributed by atoms with Crippen LogP contribution < -0.4 is 5.56 Å². The van der Waals surface area contributed by atoms with Crippen molar-refractivity contribution in [2.45, 2.75) is 46.7 Å². The van der Waals surface area contributed by atoms with Crippen molar-refractivity contribution >= 4 is 27.9 Å². The Kier molecular flexibility index (Phi) is 4.09. The van der Waals surface area contributed by atoms with E-state index in [0.29, 0.717) is 28.9 Å². The van der Waals surface area contributed by atoms with E-state index in [9.17, 15) is 9.59 Å². The molecule has 0 saturated carbocycles. The first-order valence-corrected chi connectivity index (χ1v) is 9.25. The first-order chi connectivity index (χ1) is 12.5. The molecule has 1 fully saturated rings. The Balaban J connectivity index is 1.74. The van der Waals surface area contributed by atoms with Gasteiger partial charge in [-0.15, -0.1) is 0 Å². The molecule has 1 saturated heterocycles. The van der Waals surface area contributed by atoms with Gasteiger partial charge in [0.1, 0.15) is 17.8 Å². The number of hydrogen-bond acceptors (Lipinski definition) is 4. The smallest absolute Gasteiger partial charge is 0.291 e. The molecule has 3 aromatic heterocycles. The van der Waals surface area contributed by atoms with Crippen LogP contribution in [0, 0.1) is 12.8 Å². The van der Waals surface area contributed by atoms with Gasteiger partial charge in [-0.2, -0.15) is 5.10 Å². The van der Waals surface area contributed by atoms with Crippen molar-refractivity contribution in [3.63, 3.8) is 0 Å². The van der Waals surface area contributed by atoms with E-state index in [1.54, 1.807) is 6.20 Å². The minimum absolute atomic E-state index is 0.0171. The zero-order chi connectivity index (χ0) is 18.4. The lowest BCUT2D eigenvalue weighted by molar-refractivity contribution is -0.133. The summed E-state index contributed by atoms with van der Waals surface area (Å²) in [4.78, 5) is 27.5. The van der Waals surface area contributed by atoms with E-state index in [1.807, 2.05) is 29.4 Å². The first kappa shape index (κ1) is 16.9. The summed E-state index contributed by atoms with van der Waals surface area (Å²) < 4.78 is 8.98. The Labute approximate surface area is 151 Å². The van der Waals surface area contributed by atoms with Crippen LogP contribution in [0.5, 0.6) is 0 Å². The van der Waals surface area contributed by atoms with Crippen LogP contribution in [0.4, 0.5) is 0 Å². The molecule has 1 atom stereocenters. The predicted octanol–water partition coefficient (Wildman–Crippen LogP) is 2.53. The maximum absolute atomic E-state index is 13.0. The Morgan fingerprint density at radius 2 is 2.23 bits per heavy atom. The number of fused-ring (bicyclic) bond motifs is 3. The fourth-order valence-electron chi connectivity index (χ4n) is 4.01. The van der Waals surface area contributed by atoms with E-state index in [1.165, 1.54) is 4.68 Å². The lowest BCUT2D eigenvalue weighted by Crippen LogP contribution is -2.42. The summed E-state index contributed by atoms with van der Waals surface area (Å²) in [5, 5.41) is 4.95. The normalized spacial score (nSPS) is 18.1. The zero-order valence-electron chi connectivity index (χ0n) is 15.5. The third-order valence-electron chi connectivity index (χ3n) is 5.27. The van der Waals surface area contributed by atoms with Gasteiger partial charge < -0.3 is 13.9 Å². The highest BCUT2D eigenvalue weighted by Gasteiger charge is 2.23. The second kappa shape index (κ2) is 6.30. The van der Waals surface area contributed by atoms with Crippen molar-refractivity contribution in [2.75, 3.05) is 13.1 Å². The Morgan fingerprint density at radius 3 is 2.96 bits per heavy atom. The lowest BCUT2D eigenvalue weighted by atomic mass is 10.0. The van der Waals surface area contributed by atoms with Crippen LogP contribution in [-0.2, 0) is 17.9 Å². The Bertz CT molecular complexity index is 1040. The highest BCUT2D eigenvalue weighted by molar-refractivity contribution is 6.04. The lowest BCUT2D eigenvalue weighted by Gasteiger charge is -2.30. The van der Waals surface area contributed by atoms with Gasteiger partial charge in [0.05, 0.1) is 17.1 Å². The number of amides is 1. The molecule has 3 aromatic rings. The van der Waals surface area contributed by atoms with Crippen molar-refractivity contribution in [3.8, 4) is 0 Å². The van der Waals surface area contributed by atoms with E-state index in [4.69, 9.17) is 4.42 Å². The molecule has 0 N–H and O–H groups in total. The van der Waals surface area contributed by atoms with E-state index in [-0.39, 0.29) is 18.0 Å². The van der Waals surface area contributed by atoms with Crippen LogP contribution in [0.2, 0.25) is 0 Å². The SMILES string of the molecule is CCn1c2cc(C)oc2c2cnn(CC(=O)N3CCC[C@@H](C)C3)c(=O)c21. The van der Waals surface area contributed by atoms with Gasteiger partial charge in [-0.05, 0) is 32.6 Å². The van der Waals surface area contributed by atoms with Gasteiger partial charge in [-0.1, -0.05) is 6.92 Å². The third kappa shape index (κ3) is 2.62. The van der Waals surface area contributed by atoms with Gasteiger partial charge in [-0.3, -0.25) is 9.59 Å². The molecule has 1 aliphatic heterocycles. The number of hydrogen-bond donors (Lipinski definition) is 0. The third-order valence-corrected chi connectivity index (χ3v) is 5.27. The van der Waals surface area contributed by atoms with E-state index in [2.05, 4.69) is 12.0 Å². The topological polar surface area (TPSA) is 73.3 Å². The van der Waals surface area contributed by atoms with Crippen molar-refractivity contribution < 1.29 is 9.21 Å². The fourth-order valence-corrected chi connectivity index (χ4v) is 4.01. The molecule has 4 rings (SSSR count). The summed E-state index contributed by atoms with van der Waals surface area (Å²) in [6, 6.07) is 1.93. The number of carbonyl (C=O) groups excluding carboxylic acids is 1. The molecule has 26 heavy (non-hydrogen) atoms. The summed E-state index contributed by atoms with van der Waals surface area (Å²) in [6.07, 6.45) is 3.80. The summed E-state index contributed by atoms with van der Waals surface area (Å²) in [5.74, 6) is 1.27. The molecule has 0 spiro atoms. The van der Waals surface area contributed by atoms with Crippen molar-refractivity contribution in [3.05, 3.63) is 28.4 Å². The van der Waals surface area contributed by atoms with Crippen LogP contribution >= 0.6 is 0 Å². The summed E-state index contributed by atoms with van der Waals surface area (Å²) in [7, 11) is 0. The minimum Gasteiger partial charge on any atom is -0.459 e. The van der Waals surface area contributed by atoms with Gasteiger partial charge >= 0.3 is 0 Å². The number of carbonyl (C=O) groups is 1. The number of furan rings is 1. The largest absolute Gasteiger partial charge is 0.459 e. The van der Waals surface area contributed by atoms with Crippen molar-refractivity contribution in [2.24, 2.45) is 5.92 Å². The molecule has 1 aliphatic rings. The second-order valence-electron chi connectivity index (χ2n) is 7.27. The highest BCUT2D eigenvalue weighted by Crippen LogP contribution is 2.29. The molecule has 7 nitrogen and oxygen atoms in total. The average molecular weight is 356 g/mol. The van der Waals surface area contributed by atoms with Crippen LogP contribution in [0.3, 0.4) is 0 Å². The number of aromatic nitrogens is 3. The monoisotopic (exact) mass is 356 g/mol. The molecule has 7 heteroatoms. The van der Waals surface area contributed by atoms with Crippen molar-refractivity contribution in [1.29, 1.82) is 0 Å². The van der Waals surface area contributed by atoms with Crippen LogP contribution in [0.1, 0.15) is 32.4 Å². The summed E-state index contributed by atoms with van der Waals surface area (Å²) in [6.45, 7) is 8.18. The number of piperidine rings is 1. The number of likely N-dealkylation sites (tertiary alicyclic amines) is 1. The van der Waals surface area contributed by atoms with Gasteiger partial charge in [0.2, 0.25) is 5.91 Å². The van der Waals surface area contributed by atoms with Gasteiger partial charge in [0.25, 0.3) is 5.56 Å². The fraction of sp³-hybridized carbons (Fsp3) is 0.526. The van der Waals surface area contributed by atoms with Gasteiger partial charge in [0.15, 0.2) is 5.58 Å². The quantitative estimate of drug-likeness (QED) is 0.723. The molecule has 4 heterocycles. The first-order valence-electron chi connectivity index (χ1n) is 9.25. The standard InChI is InChI=1S/C19H24N4O3/c1-4-22-15-8-13(3)26-18(15)14-9-20-23(19(25)17(14)22)11-16(24)21-7-5-6-12(2)10-21/h8-9,12H,4-7,10-11H2,1-3H3/t12-/m1/s1. The molecule has 138 valence electrons. The molecule has 0 aromatic carbocycles. The maximum atomic E-state index is 13.0. The summed E-state index contributed by atoms with van der Waals surface area (Å²) >= 11 is 0. The molecular formula is C19H24N4O3. The van der Waals surface area contributed by atoms with Crippen LogP contribution in [0.25, 0.3) is 22.0 Å². The predicted molar refractivity (Wildman–Crippen MR) is 99.2 cm³/mol. The van der Waals surface area contributed by atoms with E-state index >= 15 is 0 Å². The molecule has 0 unspecified atom stereocenters. The van der Waals surface area contributed by atoms with Crippen LogP contribution in [0.15, 0.2) is 21.5 Å². The van der Waals surface area contributed by atoms with Crippen LogP contribution in [-0.4, -0.2) is 38.2 Å². The average Bonchev–Trinajstić information content (AvgIpc) is 3.12. The molecule has 0 radical (unpaired) electrons. The number of nitrogens with zero attached hydrogens (tertiary/aromatic N) is 4. The minimum atomic E-state index is -0.244.